The molecule has 0 aliphatic heterocycles. The monoisotopic (exact) mass is 392 g/mol. The molecule has 1 aromatic carbocycles. The fourth-order valence-corrected chi connectivity index (χ4v) is 5.30. The Bertz CT molecular complexity index is 1260. The van der Waals surface area contributed by atoms with E-state index in [9.17, 15) is 4.79 Å². The van der Waals surface area contributed by atoms with E-state index < -0.39 is 0 Å². The Balaban J connectivity index is 1.54. The van der Waals surface area contributed by atoms with Crippen molar-refractivity contribution in [2.75, 3.05) is 0 Å². The molecule has 0 amide bonds. The Morgan fingerprint density at radius 2 is 2.18 bits per heavy atom. The third-order valence-electron chi connectivity index (χ3n) is 5.41. The molecule has 28 heavy (non-hydrogen) atoms. The van der Waals surface area contributed by atoms with E-state index in [1.807, 2.05) is 25.1 Å². The quantitative estimate of drug-likeness (QED) is 0.468. The highest BCUT2D eigenvalue weighted by Crippen LogP contribution is 2.40. The molecule has 4 aromatic rings. The van der Waals surface area contributed by atoms with Gasteiger partial charge in [0, 0.05) is 21.9 Å². The Labute approximate surface area is 166 Å². The molecule has 1 aliphatic carbocycles. The molecular formula is C22H20N2O3S. The van der Waals surface area contributed by atoms with Gasteiger partial charge in [0.1, 0.15) is 23.3 Å². The fraction of sp³-hybridized carbons (Fsp3) is 0.318. The molecule has 0 saturated heterocycles. The maximum Gasteiger partial charge on any atom is 0.336 e. The van der Waals surface area contributed by atoms with Crippen LogP contribution in [0.1, 0.15) is 34.9 Å². The zero-order valence-corrected chi connectivity index (χ0v) is 16.6. The predicted octanol–water partition coefficient (Wildman–Crippen LogP) is 4.81. The van der Waals surface area contributed by atoms with Gasteiger partial charge in [0.05, 0.1) is 5.39 Å². The van der Waals surface area contributed by atoms with E-state index in [1.165, 1.54) is 22.9 Å². The lowest BCUT2D eigenvalue weighted by Crippen LogP contribution is -2.09. The SMILES string of the molecule is Cc1ccc2c(COc3ncnc4sc5c(c34)CCC(C)C5)cc(=O)oc2c1. The van der Waals surface area contributed by atoms with Gasteiger partial charge >= 0.3 is 5.63 Å². The minimum atomic E-state index is -0.369. The molecule has 0 radical (unpaired) electrons. The van der Waals surface area contributed by atoms with Crippen molar-refractivity contribution in [2.45, 2.75) is 39.7 Å². The van der Waals surface area contributed by atoms with Crippen molar-refractivity contribution in [1.29, 1.82) is 0 Å². The Kier molecular flexibility index (Phi) is 4.16. The maximum atomic E-state index is 12.0. The van der Waals surface area contributed by atoms with E-state index in [1.54, 1.807) is 17.7 Å². The normalized spacial score (nSPS) is 16.4. The molecule has 1 unspecified atom stereocenters. The molecule has 0 N–H and O–H groups in total. The second-order valence-electron chi connectivity index (χ2n) is 7.59. The summed E-state index contributed by atoms with van der Waals surface area (Å²) in [6.45, 7) is 4.53. The lowest BCUT2D eigenvalue weighted by atomic mass is 9.89. The number of hydrogen-bond acceptors (Lipinski definition) is 6. The van der Waals surface area contributed by atoms with Crippen LogP contribution in [0.25, 0.3) is 21.2 Å². The van der Waals surface area contributed by atoms with E-state index in [2.05, 4.69) is 16.9 Å². The molecule has 0 fully saturated rings. The predicted molar refractivity (Wildman–Crippen MR) is 110 cm³/mol. The van der Waals surface area contributed by atoms with Crippen molar-refractivity contribution in [3.05, 3.63) is 62.6 Å². The molecule has 1 atom stereocenters. The first-order valence-electron chi connectivity index (χ1n) is 9.50. The summed E-state index contributed by atoms with van der Waals surface area (Å²) in [6.07, 6.45) is 4.87. The van der Waals surface area contributed by atoms with Crippen molar-refractivity contribution in [3.8, 4) is 5.88 Å². The number of aryl methyl sites for hydroxylation is 2. The molecule has 0 spiro atoms. The van der Waals surface area contributed by atoms with Crippen molar-refractivity contribution in [3.63, 3.8) is 0 Å². The van der Waals surface area contributed by atoms with Gasteiger partial charge < -0.3 is 9.15 Å². The van der Waals surface area contributed by atoms with Crippen LogP contribution >= 0.6 is 11.3 Å². The number of rotatable bonds is 3. The second kappa shape index (κ2) is 6.71. The summed E-state index contributed by atoms with van der Waals surface area (Å²) in [5.41, 5.74) is 3.40. The number of thiophene rings is 1. The van der Waals surface area contributed by atoms with Gasteiger partial charge in [-0.15, -0.1) is 11.3 Å². The molecule has 3 heterocycles. The largest absolute Gasteiger partial charge is 0.472 e. The smallest absolute Gasteiger partial charge is 0.336 e. The molecule has 5 rings (SSSR count). The molecule has 6 heteroatoms. The minimum Gasteiger partial charge on any atom is -0.472 e. The molecule has 5 nitrogen and oxygen atoms in total. The van der Waals surface area contributed by atoms with E-state index in [4.69, 9.17) is 9.15 Å². The summed E-state index contributed by atoms with van der Waals surface area (Å²) in [6, 6.07) is 7.35. The van der Waals surface area contributed by atoms with Crippen LogP contribution in [0.3, 0.4) is 0 Å². The first-order chi connectivity index (χ1) is 13.6. The molecule has 0 saturated carbocycles. The van der Waals surface area contributed by atoms with Gasteiger partial charge in [-0.1, -0.05) is 19.1 Å². The summed E-state index contributed by atoms with van der Waals surface area (Å²) in [7, 11) is 0. The standard InChI is InChI=1S/C22H20N2O3S/c1-12-3-5-15-14(9-19(25)27-17(15)7-12)10-26-21-20-16-6-4-13(2)8-18(16)28-22(20)24-11-23-21/h3,5,7,9,11,13H,4,6,8,10H2,1-2H3. The summed E-state index contributed by atoms with van der Waals surface area (Å²) in [4.78, 5) is 23.2. The molecule has 142 valence electrons. The van der Waals surface area contributed by atoms with Crippen molar-refractivity contribution in [2.24, 2.45) is 5.92 Å². The molecular weight excluding hydrogens is 372 g/mol. The number of ether oxygens (including phenoxy) is 1. The van der Waals surface area contributed by atoms with Crippen LogP contribution in [0.4, 0.5) is 0 Å². The Morgan fingerprint density at radius 1 is 1.29 bits per heavy atom. The third kappa shape index (κ3) is 2.98. The van der Waals surface area contributed by atoms with Crippen LogP contribution in [0.2, 0.25) is 0 Å². The summed E-state index contributed by atoms with van der Waals surface area (Å²) in [5, 5.41) is 1.93. The average Bonchev–Trinajstić information content (AvgIpc) is 3.03. The van der Waals surface area contributed by atoms with Crippen LogP contribution in [0.5, 0.6) is 5.88 Å². The molecule has 3 aromatic heterocycles. The maximum absolute atomic E-state index is 12.0. The second-order valence-corrected chi connectivity index (χ2v) is 8.67. The minimum absolute atomic E-state index is 0.262. The van der Waals surface area contributed by atoms with Gasteiger partial charge in [-0.2, -0.15) is 0 Å². The van der Waals surface area contributed by atoms with Crippen LogP contribution < -0.4 is 10.4 Å². The summed E-state index contributed by atoms with van der Waals surface area (Å²) in [5.74, 6) is 1.31. The topological polar surface area (TPSA) is 65.2 Å². The van der Waals surface area contributed by atoms with E-state index in [0.29, 0.717) is 17.4 Å². The first kappa shape index (κ1) is 17.4. The number of fused-ring (bicyclic) bond motifs is 4. The van der Waals surface area contributed by atoms with Gasteiger partial charge in [-0.25, -0.2) is 14.8 Å². The van der Waals surface area contributed by atoms with Crippen LogP contribution in [0, 0.1) is 12.8 Å². The first-order valence-corrected chi connectivity index (χ1v) is 10.3. The van der Waals surface area contributed by atoms with Crippen molar-refractivity contribution in [1.82, 2.24) is 9.97 Å². The molecule has 1 aliphatic rings. The van der Waals surface area contributed by atoms with Gasteiger partial charge in [0.2, 0.25) is 5.88 Å². The molecule has 0 bridgehead atoms. The Hall–Kier alpha value is -2.73. The highest BCUT2D eigenvalue weighted by molar-refractivity contribution is 7.18. The third-order valence-corrected chi connectivity index (χ3v) is 6.57. The number of aromatic nitrogens is 2. The van der Waals surface area contributed by atoms with Crippen molar-refractivity contribution < 1.29 is 9.15 Å². The number of benzene rings is 1. The van der Waals surface area contributed by atoms with Crippen LogP contribution in [-0.4, -0.2) is 9.97 Å². The van der Waals surface area contributed by atoms with E-state index in [0.717, 1.165) is 39.6 Å². The van der Waals surface area contributed by atoms with E-state index in [-0.39, 0.29) is 12.2 Å². The zero-order valence-electron chi connectivity index (χ0n) is 15.8. The zero-order chi connectivity index (χ0) is 19.3. The highest BCUT2D eigenvalue weighted by Gasteiger charge is 2.23. The van der Waals surface area contributed by atoms with Crippen LogP contribution in [0.15, 0.2) is 39.8 Å². The number of hydrogen-bond donors (Lipinski definition) is 0. The summed E-state index contributed by atoms with van der Waals surface area (Å²) >= 11 is 1.75. The fourth-order valence-electron chi connectivity index (χ4n) is 3.96. The van der Waals surface area contributed by atoms with E-state index >= 15 is 0 Å². The Morgan fingerprint density at radius 3 is 3.07 bits per heavy atom. The highest BCUT2D eigenvalue weighted by atomic mass is 32.1. The van der Waals surface area contributed by atoms with Gasteiger partial charge in [0.15, 0.2) is 0 Å². The average molecular weight is 392 g/mol. The lowest BCUT2D eigenvalue weighted by molar-refractivity contribution is 0.298. The number of nitrogens with zero attached hydrogens (tertiary/aromatic N) is 2. The van der Waals surface area contributed by atoms with Crippen molar-refractivity contribution >= 4 is 32.5 Å². The van der Waals surface area contributed by atoms with Gasteiger partial charge in [-0.05, 0) is 49.3 Å². The lowest BCUT2D eigenvalue weighted by Gasteiger charge is -2.18. The summed E-state index contributed by atoms with van der Waals surface area (Å²) < 4.78 is 11.5. The van der Waals surface area contributed by atoms with Gasteiger partial charge in [-0.3, -0.25) is 0 Å². The van der Waals surface area contributed by atoms with Gasteiger partial charge in [0.25, 0.3) is 0 Å². The van der Waals surface area contributed by atoms with Crippen LogP contribution in [-0.2, 0) is 19.4 Å².